The van der Waals surface area contributed by atoms with Crippen LogP contribution in [0.15, 0.2) is 78.4 Å². The molecule has 7 heteroatoms. The molecule has 210 valence electrons. The first-order valence-electron chi connectivity index (χ1n) is 13.9. The van der Waals surface area contributed by atoms with E-state index in [4.69, 9.17) is 9.47 Å². The minimum absolute atomic E-state index is 0.0889. The van der Waals surface area contributed by atoms with Gasteiger partial charge in [0.05, 0.1) is 18.2 Å². The van der Waals surface area contributed by atoms with Gasteiger partial charge in [0.2, 0.25) is 0 Å². The molecule has 1 amide bonds. The Morgan fingerprint density at radius 2 is 1.62 bits per heavy atom. The lowest BCUT2D eigenvalue weighted by Gasteiger charge is -2.28. The lowest BCUT2D eigenvalue weighted by molar-refractivity contribution is -0.140. The number of amides is 1. The number of carbonyl (C=O) groups is 2. The predicted octanol–water partition coefficient (Wildman–Crippen LogP) is 5.74. The number of hydrogen-bond donors (Lipinski definition) is 1. The monoisotopic (exact) mass is 542 g/mol. The molecule has 40 heavy (non-hydrogen) atoms. The number of nitrogens with zero attached hydrogens (tertiary/aromatic N) is 2. The van der Waals surface area contributed by atoms with Crippen molar-refractivity contribution in [1.82, 2.24) is 9.80 Å². The zero-order valence-corrected chi connectivity index (χ0v) is 23.7. The van der Waals surface area contributed by atoms with Crippen LogP contribution in [0.25, 0.3) is 5.76 Å². The minimum Gasteiger partial charge on any atom is -0.507 e. The van der Waals surface area contributed by atoms with E-state index in [-0.39, 0.29) is 11.3 Å². The Labute approximate surface area is 236 Å². The molecule has 3 aromatic rings. The molecule has 3 aromatic carbocycles. The molecule has 1 fully saturated rings. The molecule has 1 aliphatic rings. The van der Waals surface area contributed by atoms with Gasteiger partial charge in [0.15, 0.2) is 0 Å². The summed E-state index contributed by atoms with van der Waals surface area (Å²) in [6.45, 7) is 11.6. The molecule has 1 atom stereocenters. The van der Waals surface area contributed by atoms with Gasteiger partial charge in [-0.05, 0) is 74.0 Å². The molecule has 0 spiro atoms. The van der Waals surface area contributed by atoms with Gasteiger partial charge in [0.1, 0.15) is 23.9 Å². The Hall–Kier alpha value is -4.10. The molecule has 0 saturated carbocycles. The van der Waals surface area contributed by atoms with Crippen LogP contribution in [0.2, 0.25) is 0 Å². The zero-order valence-electron chi connectivity index (χ0n) is 23.7. The highest BCUT2D eigenvalue weighted by molar-refractivity contribution is 6.46. The molecule has 1 aliphatic heterocycles. The molecule has 0 aromatic heterocycles. The summed E-state index contributed by atoms with van der Waals surface area (Å²) in [5.41, 5.74) is 3.15. The number of aliphatic hydroxyl groups is 1. The number of likely N-dealkylation sites (N-methyl/N-ethyl adjacent to an activating group) is 1. The van der Waals surface area contributed by atoms with Crippen LogP contribution in [-0.4, -0.2) is 59.4 Å². The summed E-state index contributed by atoms with van der Waals surface area (Å²) in [5, 5.41) is 11.5. The van der Waals surface area contributed by atoms with E-state index in [0.717, 1.165) is 29.8 Å². The molecule has 1 N–H and O–H groups in total. The third-order valence-electron chi connectivity index (χ3n) is 7.28. The Morgan fingerprint density at radius 1 is 0.925 bits per heavy atom. The van der Waals surface area contributed by atoms with Gasteiger partial charge in [0, 0.05) is 18.7 Å². The number of aliphatic hydroxyl groups excluding tert-OH is 1. The molecule has 1 saturated heterocycles. The van der Waals surface area contributed by atoms with E-state index in [0.29, 0.717) is 43.4 Å². The number of hydrogen-bond acceptors (Lipinski definition) is 6. The van der Waals surface area contributed by atoms with Gasteiger partial charge in [-0.3, -0.25) is 9.59 Å². The van der Waals surface area contributed by atoms with Gasteiger partial charge in [-0.25, -0.2) is 0 Å². The normalized spacial score (nSPS) is 16.5. The van der Waals surface area contributed by atoms with Crippen molar-refractivity contribution >= 4 is 17.4 Å². The first-order chi connectivity index (χ1) is 19.4. The number of rotatable bonds is 12. The van der Waals surface area contributed by atoms with Crippen LogP contribution in [0, 0.1) is 6.92 Å². The smallest absolute Gasteiger partial charge is 0.295 e. The van der Waals surface area contributed by atoms with Crippen LogP contribution < -0.4 is 9.47 Å². The van der Waals surface area contributed by atoms with Crippen molar-refractivity contribution in [1.29, 1.82) is 0 Å². The van der Waals surface area contributed by atoms with E-state index >= 15 is 0 Å². The van der Waals surface area contributed by atoms with Crippen molar-refractivity contribution in [3.63, 3.8) is 0 Å². The van der Waals surface area contributed by atoms with Gasteiger partial charge in [-0.1, -0.05) is 56.3 Å². The van der Waals surface area contributed by atoms with E-state index in [1.54, 1.807) is 23.1 Å². The second kappa shape index (κ2) is 13.3. The molecule has 7 nitrogen and oxygen atoms in total. The molecular formula is C33H38N2O5. The Bertz CT molecular complexity index is 1350. The van der Waals surface area contributed by atoms with Gasteiger partial charge in [0.25, 0.3) is 11.7 Å². The van der Waals surface area contributed by atoms with Crippen LogP contribution in [0.4, 0.5) is 0 Å². The van der Waals surface area contributed by atoms with Crippen molar-refractivity contribution < 1.29 is 24.2 Å². The van der Waals surface area contributed by atoms with Gasteiger partial charge >= 0.3 is 0 Å². The number of aryl methyl sites for hydroxylation is 1. The molecule has 1 heterocycles. The van der Waals surface area contributed by atoms with Crippen molar-refractivity contribution in [2.75, 3.05) is 32.8 Å². The summed E-state index contributed by atoms with van der Waals surface area (Å²) >= 11 is 0. The first-order valence-corrected chi connectivity index (χ1v) is 13.9. The maximum atomic E-state index is 13.4. The summed E-state index contributed by atoms with van der Waals surface area (Å²) in [6, 6.07) is 21.8. The van der Waals surface area contributed by atoms with Crippen LogP contribution >= 0.6 is 0 Å². The average Bonchev–Trinajstić information content (AvgIpc) is 3.23. The van der Waals surface area contributed by atoms with Crippen molar-refractivity contribution in [2.45, 2.75) is 40.3 Å². The van der Waals surface area contributed by atoms with Crippen molar-refractivity contribution in [2.24, 2.45) is 0 Å². The standard InChI is InChI=1S/C33H38N2O5/c1-5-34(6-2)19-20-35-30(25-13-16-27(17-14-25)39-7-3)29(32(37)33(35)38)31(36)26-15-18-28(23(4)21-26)40-22-24-11-9-8-10-12-24/h8-18,21,30,36H,5-7,19-20,22H2,1-4H3/b31-29+/t30-/m0/s1. The summed E-state index contributed by atoms with van der Waals surface area (Å²) in [4.78, 5) is 30.5. The summed E-state index contributed by atoms with van der Waals surface area (Å²) in [6.07, 6.45) is 0. The fourth-order valence-electron chi connectivity index (χ4n) is 5.01. The third kappa shape index (κ3) is 6.37. The maximum absolute atomic E-state index is 13.4. The topological polar surface area (TPSA) is 79.3 Å². The molecular weight excluding hydrogens is 504 g/mol. The lowest BCUT2D eigenvalue weighted by atomic mass is 9.94. The zero-order chi connectivity index (χ0) is 28.6. The van der Waals surface area contributed by atoms with Crippen LogP contribution in [-0.2, 0) is 16.2 Å². The summed E-state index contributed by atoms with van der Waals surface area (Å²) in [7, 11) is 0. The SMILES string of the molecule is CCOc1ccc([C@H]2/C(=C(\O)c3ccc(OCc4ccccc4)c(C)c3)C(=O)C(=O)N2CCN(CC)CC)cc1. The number of ether oxygens (including phenoxy) is 2. The quantitative estimate of drug-likeness (QED) is 0.179. The van der Waals surface area contributed by atoms with Crippen LogP contribution in [0.3, 0.4) is 0 Å². The number of carbonyl (C=O) groups excluding carboxylic acids is 2. The highest BCUT2D eigenvalue weighted by Crippen LogP contribution is 2.40. The highest BCUT2D eigenvalue weighted by Gasteiger charge is 2.46. The van der Waals surface area contributed by atoms with E-state index in [2.05, 4.69) is 18.7 Å². The number of ketones is 1. The van der Waals surface area contributed by atoms with Gasteiger partial charge < -0.3 is 24.4 Å². The average molecular weight is 543 g/mol. The van der Waals surface area contributed by atoms with Crippen molar-refractivity contribution in [3.05, 3.63) is 101 Å². The van der Waals surface area contributed by atoms with Crippen LogP contribution in [0.1, 0.15) is 49.1 Å². The van der Waals surface area contributed by atoms with E-state index in [9.17, 15) is 14.7 Å². The molecule has 0 radical (unpaired) electrons. The van der Waals surface area contributed by atoms with Crippen molar-refractivity contribution in [3.8, 4) is 11.5 Å². The number of benzene rings is 3. The second-order valence-corrected chi connectivity index (χ2v) is 9.78. The molecule has 0 aliphatic carbocycles. The molecule has 0 bridgehead atoms. The second-order valence-electron chi connectivity index (χ2n) is 9.78. The lowest BCUT2D eigenvalue weighted by Crippen LogP contribution is -2.38. The molecule has 4 rings (SSSR count). The summed E-state index contributed by atoms with van der Waals surface area (Å²) < 4.78 is 11.6. The fraction of sp³-hybridized carbons (Fsp3) is 0.333. The maximum Gasteiger partial charge on any atom is 0.295 e. The Balaban J connectivity index is 1.69. The highest BCUT2D eigenvalue weighted by atomic mass is 16.5. The largest absolute Gasteiger partial charge is 0.507 e. The van der Waals surface area contributed by atoms with Gasteiger partial charge in [-0.2, -0.15) is 0 Å². The fourth-order valence-corrected chi connectivity index (χ4v) is 5.01. The van der Waals surface area contributed by atoms with E-state index < -0.39 is 17.7 Å². The number of likely N-dealkylation sites (tertiary alicyclic amines) is 1. The number of Topliss-reactive ketones (excluding diaryl/α,β-unsaturated/α-hetero) is 1. The Morgan fingerprint density at radius 3 is 2.25 bits per heavy atom. The van der Waals surface area contributed by atoms with E-state index in [1.807, 2.05) is 68.4 Å². The molecule has 0 unspecified atom stereocenters. The first kappa shape index (κ1) is 28.9. The minimum atomic E-state index is -0.708. The van der Waals surface area contributed by atoms with Gasteiger partial charge in [-0.15, -0.1) is 0 Å². The predicted molar refractivity (Wildman–Crippen MR) is 156 cm³/mol. The Kier molecular flexibility index (Phi) is 9.61. The summed E-state index contributed by atoms with van der Waals surface area (Å²) in [5.74, 6) is -0.0957. The van der Waals surface area contributed by atoms with Crippen LogP contribution in [0.5, 0.6) is 11.5 Å². The van der Waals surface area contributed by atoms with E-state index in [1.165, 1.54) is 0 Å². The third-order valence-corrected chi connectivity index (χ3v) is 7.28.